The molecule has 3 aromatic heterocycles. The van der Waals surface area contributed by atoms with Crippen LogP contribution in [0.1, 0.15) is 0 Å². The van der Waals surface area contributed by atoms with Gasteiger partial charge in [-0.15, -0.1) is 16.4 Å². The molecule has 5 nitrogen and oxygen atoms in total. The van der Waals surface area contributed by atoms with Crippen LogP contribution in [0.3, 0.4) is 0 Å². The Labute approximate surface area is 323 Å². The molecule has 0 N–H and O–H groups in total. The van der Waals surface area contributed by atoms with E-state index in [2.05, 4.69) is 89.5 Å². The lowest BCUT2D eigenvalue weighted by Gasteiger charge is -2.20. The lowest BCUT2D eigenvalue weighted by atomic mass is 9.60. The highest BCUT2D eigenvalue weighted by Gasteiger charge is 2.21. The van der Waals surface area contributed by atoms with Crippen molar-refractivity contribution in [3.05, 3.63) is 140 Å². The van der Waals surface area contributed by atoms with Crippen molar-refractivity contribution in [2.45, 2.75) is 0 Å². The summed E-state index contributed by atoms with van der Waals surface area (Å²) in [5, 5.41) is 4.22. The summed E-state index contributed by atoms with van der Waals surface area (Å²) in [5.41, 5.74) is 9.19. The van der Waals surface area contributed by atoms with Crippen LogP contribution in [0.5, 0.6) is 0 Å². The molecule has 10 rings (SSSR count). The van der Waals surface area contributed by atoms with Crippen LogP contribution in [-0.2, 0) is 0 Å². The molecule has 0 bridgehead atoms. The van der Waals surface area contributed by atoms with Crippen LogP contribution in [0.4, 0.5) is 0 Å². The van der Waals surface area contributed by atoms with E-state index in [4.69, 9.17) is 58.6 Å². The van der Waals surface area contributed by atoms with Crippen LogP contribution in [0.15, 0.2) is 144 Å². The second kappa shape index (κ2) is 12.8. The first-order chi connectivity index (χ1) is 26.9. The zero-order chi connectivity index (χ0) is 37.4. The average molecular weight is 690 g/mol. The van der Waals surface area contributed by atoms with Gasteiger partial charge in [0, 0.05) is 44.4 Å². The molecule has 0 aliphatic carbocycles. The molecule has 10 aromatic rings. The Morgan fingerprint density at radius 1 is 0.418 bits per heavy atom. The molecule has 0 aliphatic heterocycles. The van der Waals surface area contributed by atoms with E-state index in [0.29, 0.717) is 22.8 Å². The fourth-order valence-electron chi connectivity index (χ4n) is 7.58. The van der Waals surface area contributed by atoms with Gasteiger partial charge in [0.25, 0.3) is 0 Å². The first-order valence-electron chi connectivity index (χ1n) is 17.7. The maximum atomic E-state index is 6.75. The van der Waals surface area contributed by atoms with E-state index in [1.54, 1.807) is 0 Å². The molecule has 7 aromatic carbocycles. The zero-order valence-electron chi connectivity index (χ0n) is 29.4. The summed E-state index contributed by atoms with van der Waals surface area (Å²) in [6.07, 6.45) is 0. The van der Waals surface area contributed by atoms with E-state index in [9.17, 15) is 0 Å². The molecule has 0 fully saturated rings. The minimum Gasteiger partial charge on any atom is -0.455 e. The van der Waals surface area contributed by atoms with Crippen molar-refractivity contribution in [3.63, 3.8) is 0 Å². The van der Waals surface area contributed by atoms with Crippen LogP contribution in [-0.4, -0.2) is 58.8 Å². The number of rotatable bonds is 5. The van der Waals surface area contributed by atoms with Crippen molar-refractivity contribution in [3.8, 4) is 51.0 Å². The van der Waals surface area contributed by atoms with E-state index < -0.39 is 0 Å². The number of hydrogen-bond acceptors (Lipinski definition) is 4. The summed E-state index contributed by atoms with van der Waals surface area (Å²) in [4.78, 5) is 14.7. The Kier molecular flexibility index (Phi) is 7.70. The molecule has 55 heavy (non-hydrogen) atoms. The fourth-order valence-corrected chi connectivity index (χ4v) is 7.58. The van der Waals surface area contributed by atoms with Crippen LogP contribution in [0, 0.1) is 0 Å². The number of para-hydroxylation sites is 2. The van der Waals surface area contributed by atoms with Gasteiger partial charge in [0.1, 0.15) is 50.4 Å². The molecule has 0 unspecified atom stereocenters. The molecular formula is C45H23B5N4O. The second-order valence-electron chi connectivity index (χ2n) is 13.5. The molecule has 10 radical (unpaired) electrons. The van der Waals surface area contributed by atoms with Gasteiger partial charge in [-0.3, -0.25) is 0 Å². The van der Waals surface area contributed by atoms with Gasteiger partial charge >= 0.3 is 0 Å². The predicted octanol–water partition coefficient (Wildman–Crippen LogP) is 5.51. The van der Waals surface area contributed by atoms with Crippen molar-refractivity contribution in [2.24, 2.45) is 0 Å². The Morgan fingerprint density at radius 2 is 1.04 bits per heavy atom. The quantitative estimate of drug-likeness (QED) is 0.224. The van der Waals surface area contributed by atoms with Crippen molar-refractivity contribution in [1.82, 2.24) is 19.5 Å². The van der Waals surface area contributed by atoms with Crippen LogP contribution in [0.25, 0.3) is 94.7 Å². The number of benzene rings is 7. The molecule has 0 aliphatic rings. The van der Waals surface area contributed by atoms with Gasteiger partial charge in [0.2, 0.25) is 0 Å². The van der Waals surface area contributed by atoms with E-state index in [0.717, 1.165) is 38.6 Å². The zero-order valence-corrected chi connectivity index (χ0v) is 29.4. The van der Waals surface area contributed by atoms with E-state index in [-0.39, 0.29) is 38.7 Å². The Hall–Kier alpha value is -6.53. The number of aromatic nitrogens is 4. The number of fused-ring (bicyclic) bond motifs is 6. The topological polar surface area (TPSA) is 56.7 Å². The van der Waals surface area contributed by atoms with Gasteiger partial charge in [-0.05, 0) is 47.5 Å². The number of furan rings is 1. The molecule has 0 atom stereocenters. The summed E-state index contributed by atoms with van der Waals surface area (Å²) in [5.74, 6) is 0.970. The second-order valence-corrected chi connectivity index (χ2v) is 13.5. The highest BCUT2D eigenvalue weighted by Crippen LogP contribution is 2.39. The summed E-state index contributed by atoms with van der Waals surface area (Å²) in [7, 11) is 31.7. The van der Waals surface area contributed by atoms with E-state index >= 15 is 0 Å². The third-order valence-corrected chi connectivity index (χ3v) is 10.4. The van der Waals surface area contributed by atoms with Crippen molar-refractivity contribution in [1.29, 1.82) is 0 Å². The first-order valence-corrected chi connectivity index (χ1v) is 17.7. The highest BCUT2D eigenvalue weighted by molar-refractivity contribution is 6.68. The molecule has 244 valence electrons. The largest absolute Gasteiger partial charge is 0.455 e. The lowest BCUT2D eigenvalue weighted by molar-refractivity contribution is 0.669. The molecule has 10 heteroatoms. The molecular weight excluding hydrogens is 667 g/mol. The smallest absolute Gasteiger partial charge is 0.167 e. The van der Waals surface area contributed by atoms with Crippen molar-refractivity contribution in [2.75, 3.05) is 0 Å². The van der Waals surface area contributed by atoms with Gasteiger partial charge in [-0.2, -0.15) is 0 Å². The monoisotopic (exact) mass is 690 g/mol. The highest BCUT2D eigenvalue weighted by atomic mass is 16.3. The molecule has 0 saturated heterocycles. The molecule has 0 amide bonds. The minimum atomic E-state index is 0.111. The summed E-state index contributed by atoms with van der Waals surface area (Å²) < 4.78 is 9.04. The Balaban J connectivity index is 1.16. The summed E-state index contributed by atoms with van der Waals surface area (Å²) >= 11 is 0. The Morgan fingerprint density at radius 3 is 1.80 bits per heavy atom. The average Bonchev–Trinajstić information content (AvgIpc) is 3.78. The predicted molar refractivity (Wildman–Crippen MR) is 230 cm³/mol. The van der Waals surface area contributed by atoms with Crippen LogP contribution in [0.2, 0.25) is 0 Å². The van der Waals surface area contributed by atoms with Gasteiger partial charge in [0.15, 0.2) is 17.5 Å². The van der Waals surface area contributed by atoms with E-state index in [1.807, 2.05) is 54.6 Å². The maximum absolute atomic E-state index is 6.75. The molecule has 3 heterocycles. The molecule has 0 spiro atoms. The van der Waals surface area contributed by atoms with E-state index in [1.165, 1.54) is 21.9 Å². The van der Waals surface area contributed by atoms with Gasteiger partial charge < -0.3 is 8.98 Å². The first kappa shape index (κ1) is 33.1. The van der Waals surface area contributed by atoms with Gasteiger partial charge in [0.05, 0.1) is 16.6 Å². The van der Waals surface area contributed by atoms with Gasteiger partial charge in [-0.1, -0.05) is 108 Å². The Bertz CT molecular complexity index is 3130. The van der Waals surface area contributed by atoms with Crippen molar-refractivity contribution >= 4 is 110 Å². The fraction of sp³-hybridized carbons (Fsp3) is 0. The number of hydrogen-bond donors (Lipinski definition) is 0. The standard InChI is InChI=1S/C45H23B5N4O/c46-37-36(38(47)40(49)41(50)39(37)48)45-52-43(25-12-5-2-6-13-25)51-44(53-45)31-16-9-15-30-29-20-19-27(23-35(29)55-42(30)31)54-33-17-8-7-14-28(33)32-22-26(18-21-34(32)54)24-10-3-1-4-11-24/h1-23H. The maximum Gasteiger partial charge on any atom is 0.167 e. The SMILES string of the molecule is [B]c1c([B])c([B])c(-c2nc(-c3ccccc3)nc(-c3cccc4c3oc3cc(-n5c6ccccc6c6cc(-c7ccccc7)ccc65)ccc34)n2)c([B])c1[B]. The summed E-state index contributed by atoms with van der Waals surface area (Å²) in [6.45, 7) is 0. The van der Waals surface area contributed by atoms with Crippen LogP contribution >= 0.6 is 0 Å². The minimum absolute atomic E-state index is 0.111. The third kappa shape index (κ3) is 5.27. The van der Waals surface area contributed by atoms with Gasteiger partial charge in [-0.25, -0.2) is 15.0 Å². The van der Waals surface area contributed by atoms with Crippen molar-refractivity contribution < 1.29 is 4.42 Å². The normalized spacial score (nSPS) is 11.6. The third-order valence-electron chi connectivity index (χ3n) is 10.4. The summed E-state index contributed by atoms with van der Waals surface area (Å²) in [6, 6.07) is 47.4. The lowest BCUT2D eigenvalue weighted by Crippen LogP contribution is -2.55. The van der Waals surface area contributed by atoms with Crippen LogP contribution < -0.4 is 27.3 Å². The number of nitrogens with zero attached hydrogens (tertiary/aromatic N) is 4. The molecule has 0 saturated carbocycles.